The number of alkyl halides is 3. The smallest absolute Gasteiger partial charge is 0.406 e. The van der Waals surface area contributed by atoms with E-state index in [9.17, 15) is 27.6 Å². The van der Waals surface area contributed by atoms with Crippen LogP contribution in [0.1, 0.15) is 29.8 Å². The van der Waals surface area contributed by atoms with Gasteiger partial charge in [0.25, 0.3) is 5.91 Å². The highest BCUT2D eigenvalue weighted by molar-refractivity contribution is 6.22. The summed E-state index contributed by atoms with van der Waals surface area (Å²) >= 11 is 0. The van der Waals surface area contributed by atoms with Gasteiger partial charge in [0.05, 0.1) is 11.3 Å². The second-order valence-electron chi connectivity index (χ2n) is 8.37. The van der Waals surface area contributed by atoms with Crippen LogP contribution in [0.4, 0.5) is 23.7 Å². The molecule has 4 rings (SSSR count). The maximum absolute atomic E-state index is 13.2. The van der Waals surface area contributed by atoms with Crippen LogP contribution in [-0.2, 0) is 11.3 Å². The predicted octanol–water partition coefficient (Wildman–Crippen LogP) is 4.95. The fraction of sp³-hybridized carbons (Fsp3) is 0.200. The minimum atomic E-state index is -4.86. The van der Waals surface area contributed by atoms with E-state index in [1.54, 1.807) is 50.2 Å². The van der Waals surface area contributed by atoms with Crippen molar-refractivity contribution in [3.8, 4) is 11.6 Å². The van der Waals surface area contributed by atoms with Gasteiger partial charge in [-0.2, -0.15) is 0 Å². The van der Waals surface area contributed by atoms with E-state index in [4.69, 9.17) is 4.74 Å². The molecule has 0 N–H and O–H groups in total. The largest absolute Gasteiger partial charge is 0.573 e. The van der Waals surface area contributed by atoms with Gasteiger partial charge in [0.15, 0.2) is 0 Å². The molecule has 8 nitrogen and oxygen atoms in total. The summed E-state index contributed by atoms with van der Waals surface area (Å²) in [6, 6.07) is 15.2. The minimum absolute atomic E-state index is 0.0122. The van der Waals surface area contributed by atoms with E-state index in [0.29, 0.717) is 11.1 Å². The summed E-state index contributed by atoms with van der Waals surface area (Å²) in [5.41, 5.74) is -0.274. The number of rotatable bonds is 6. The van der Waals surface area contributed by atoms with Crippen LogP contribution in [-0.4, -0.2) is 39.7 Å². The van der Waals surface area contributed by atoms with E-state index in [1.165, 1.54) is 29.3 Å². The number of imide groups is 1. The molecule has 2 heterocycles. The molecule has 11 heteroatoms. The Balaban J connectivity index is 1.52. The summed E-state index contributed by atoms with van der Waals surface area (Å²) < 4.78 is 46.5. The number of ether oxygens (including phenoxy) is 2. The maximum atomic E-state index is 13.2. The van der Waals surface area contributed by atoms with Crippen molar-refractivity contribution < 1.29 is 37.0 Å². The Kier molecular flexibility index (Phi) is 6.40. The number of carbonyl (C=O) groups excluding carboxylic acids is 3. The Morgan fingerprint density at radius 2 is 1.67 bits per heavy atom. The number of esters is 1. The highest BCUT2D eigenvalue weighted by atomic mass is 19.4. The Labute approximate surface area is 203 Å². The third kappa shape index (κ3) is 5.14. The number of nitrogens with zero attached hydrogens (tertiary/aromatic N) is 3. The molecule has 186 valence electrons. The lowest BCUT2D eigenvalue weighted by molar-refractivity contribution is -0.274. The molecule has 0 bridgehead atoms. The standard InChI is InChI=1S/C25H20F3N3O5/c1-24(2)22(33)31(18-8-10-19(11-9-18)36-25(26,27)28)23(34)30(24)15-16-12-13-29-20(14-16)35-21(32)17-6-4-3-5-7-17/h3-14H,15H2,1-2H3. The second-order valence-corrected chi connectivity index (χ2v) is 8.37. The molecule has 0 spiro atoms. The molecular formula is C25H20F3N3O5. The third-order valence-electron chi connectivity index (χ3n) is 5.50. The first-order chi connectivity index (χ1) is 17.0. The highest BCUT2D eigenvalue weighted by Crippen LogP contribution is 2.34. The monoisotopic (exact) mass is 499 g/mol. The van der Waals surface area contributed by atoms with Gasteiger partial charge in [-0.3, -0.25) is 4.79 Å². The minimum Gasteiger partial charge on any atom is -0.406 e. The number of aromatic nitrogens is 1. The van der Waals surface area contributed by atoms with Crippen LogP contribution in [0.2, 0.25) is 0 Å². The summed E-state index contributed by atoms with van der Waals surface area (Å²) in [7, 11) is 0. The Morgan fingerprint density at radius 1 is 1.00 bits per heavy atom. The van der Waals surface area contributed by atoms with Crippen molar-refractivity contribution in [2.24, 2.45) is 0 Å². The molecule has 3 amide bonds. The number of amides is 3. The molecule has 0 saturated carbocycles. The number of anilines is 1. The molecule has 0 atom stereocenters. The third-order valence-corrected chi connectivity index (χ3v) is 5.50. The topological polar surface area (TPSA) is 89.0 Å². The van der Waals surface area contributed by atoms with Gasteiger partial charge in [-0.05, 0) is 61.9 Å². The molecule has 36 heavy (non-hydrogen) atoms. The SMILES string of the molecule is CC1(C)C(=O)N(c2ccc(OC(F)(F)F)cc2)C(=O)N1Cc1ccnc(OC(=O)c2ccccc2)c1. The van der Waals surface area contributed by atoms with Crippen LogP contribution < -0.4 is 14.4 Å². The van der Waals surface area contributed by atoms with Crippen LogP contribution in [0.25, 0.3) is 0 Å². The first-order valence-corrected chi connectivity index (χ1v) is 10.7. The molecule has 3 aromatic rings. The lowest BCUT2D eigenvalue weighted by Crippen LogP contribution is -2.43. The Morgan fingerprint density at radius 3 is 2.31 bits per heavy atom. The second kappa shape index (κ2) is 9.33. The van der Waals surface area contributed by atoms with Gasteiger partial charge in [0.2, 0.25) is 5.88 Å². The van der Waals surface area contributed by atoms with Gasteiger partial charge < -0.3 is 14.4 Å². The van der Waals surface area contributed by atoms with E-state index < -0.39 is 35.6 Å². The number of benzene rings is 2. The number of halogens is 3. The van der Waals surface area contributed by atoms with Crippen molar-refractivity contribution in [3.63, 3.8) is 0 Å². The molecule has 1 fully saturated rings. The lowest BCUT2D eigenvalue weighted by atomic mass is 10.0. The fourth-order valence-corrected chi connectivity index (χ4v) is 3.64. The van der Waals surface area contributed by atoms with Gasteiger partial charge in [-0.25, -0.2) is 19.5 Å². The Bertz CT molecular complexity index is 1290. The zero-order chi connectivity index (χ0) is 26.1. The van der Waals surface area contributed by atoms with Crippen LogP contribution in [0.5, 0.6) is 11.6 Å². The van der Waals surface area contributed by atoms with Crippen molar-refractivity contribution in [3.05, 3.63) is 84.1 Å². The zero-order valence-electron chi connectivity index (χ0n) is 19.2. The normalized spacial score (nSPS) is 15.2. The summed E-state index contributed by atoms with van der Waals surface area (Å²) in [6.07, 6.45) is -3.45. The van der Waals surface area contributed by atoms with Gasteiger partial charge >= 0.3 is 18.4 Å². The highest BCUT2D eigenvalue weighted by Gasteiger charge is 2.51. The van der Waals surface area contributed by atoms with Crippen molar-refractivity contribution in [1.82, 2.24) is 9.88 Å². The van der Waals surface area contributed by atoms with E-state index in [2.05, 4.69) is 9.72 Å². The average molecular weight is 499 g/mol. The number of carbonyl (C=O) groups is 3. The van der Waals surface area contributed by atoms with Gasteiger partial charge in [0.1, 0.15) is 11.3 Å². The lowest BCUT2D eigenvalue weighted by Gasteiger charge is -2.27. The zero-order valence-corrected chi connectivity index (χ0v) is 19.2. The summed E-state index contributed by atoms with van der Waals surface area (Å²) in [5.74, 6) is -1.61. The molecule has 0 radical (unpaired) electrons. The molecule has 0 unspecified atom stereocenters. The molecule has 1 aromatic heterocycles. The summed E-state index contributed by atoms with van der Waals surface area (Å²) in [5, 5.41) is 0. The molecule has 1 aliphatic heterocycles. The van der Waals surface area contributed by atoms with Crippen molar-refractivity contribution in [2.75, 3.05) is 4.90 Å². The quantitative estimate of drug-likeness (QED) is 0.352. The summed E-state index contributed by atoms with van der Waals surface area (Å²) in [6.45, 7) is 3.11. The van der Waals surface area contributed by atoms with Gasteiger partial charge in [0, 0.05) is 18.8 Å². The number of hydrogen-bond acceptors (Lipinski definition) is 6. The van der Waals surface area contributed by atoms with Crippen LogP contribution >= 0.6 is 0 Å². The summed E-state index contributed by atoms with van der Waals surface area (Å²) in [4.78, 5) is 44.9. The number of pyridine rings is 1. The van der Waals surface area contributed by atoms with Crippen molar-refractivity contribution in [2.45, 2.75) is 32.3 Å². The van der Waals surface area contributed by atoms with Crippen LogP contribution in [0, 0.1) is 0 Å². The van der Waals surface area contributed by atoms with Crippen LogP contribution in [0.3, 0.4) is 0 Å². The van der Waals surface area contributed by atoms with E-state index >= 15 is 0 Å². The van der Waals surface area contributed by atoms with E-state index in [0.717, 1.165) is 17.0 Å². The average Bonchev–Trinajstić information content (AvgIpc) is 2.99. The van der Waals surface area contributed by atoms with Crippen molar-refractivity contribution >= 4 is 23.6 Å². The Hall–Kier alpha value is -4.41. The number of urea groups is 1. The van der Waals surface area contributed by atoms with Gasteiger partial charge in [-0.15, -0.1) is 13.2 Å². The van der Waals surface area contributed by atoms with Crippen LogP contribution in [0.15, 0.2) is 72.9 Å². The maximum Gasteiger partial charge on any atom is 0.573 e. The first kappa shape index (κ1) is 24.7. The molecule has 1 saturated heterocycles. The van der Waals surface area contributed by atoms with E-state index in [-0.39, 0.29) is 18.1 Å². The van der Waals surface area contributed by atoms with E-state index in [1.807, 2.05) is 0 Å². The predicted molar refractivity (Wildman–Crippen MR) is 121 cm³/mol. The fourth-order valence-electron chi connectivity index (χ4n) is 3.64. The number of hydrogen-bond donors (Lipinski definition) is 0. The molecule has 1 aliphatic rings. The van der Waals surface area contributed by atoms with Gasteiger partial charge in [-0.1, -0.05) is 18.2 Å². The molecular weight excluding hydrogens is 479 g/mol. The van der Waals surface area contributed by atoms with Crippen molar-refractivity contribution in [1.29, 1.82) is 0 Å². The molecule has 2 aromatic carbocycles. The molecule has 0 aliphatic carbocycles. The first-order valence-electron chi connectivity index (χ1n) is 10.7.